The molecule has 108 valence electrons. The fourth-order valence-electron chi connectivity index (χ4n) is 1.27. The van der Waals surface area contributed by atoms with Gasteiger partial charge in [0, 0.05) is 29.7 Å². The molecular formula is C13H20Cl2N2OS. The van der Waals surface area contributed by atoms with Gasteiger partial charge in [0.2, 0.25) is 5.91 Å². The average molecular weight is 323 g/mol. The van der Waals surface area contributed by atoms with Crippen LogP contribution in [0.2, 0.25) is 5.02 Å². The average Bonchev–Trinajstić information content (AvgIpc) is 2.38. The highest BCUT2D eigenvalue weighted by molar-refractivity contribution is 7.99. The van der Waals surface area contributed by atoms with Gasteiger partial charge in [0.25, 0.3) is 0 Å². The van der Waals surface area contributed by atoms with Gasteiger partial charge in [0.1, 0.15) is 0 Å². The zero-order valence-electron chi connectivity index (χ0n) is 11.1. The van der Waals surface area contributed by atoms with Gasteiger partial charge < -0.3 is 10.6 Å². The summed E-state index contributed by atoms with van der Waals surface area (Å²) in [7, 11) is 1.88. The van der Waals surface area contributed by atoms with Gasteiger partial charge in [-0.25, -0.2) is 0 Å². The van der Waals surface area contributed by atoms with Gasteiger partial charge in [0.15, 0.2) is 0 Å². The minimum atomic E-state index is 0. The lowest BCUT2D eigenvalue weighted by Crippen LogP contribution is -2.37. The summed E-state index contributed by atoms with van der Waals surface area (Å²) in [5, 5.41) is 6.70. The van der Waals surface area contributed by atoms with Crippen molar-refractivity contribution < 1.29 is 4.79 Å². The maximum absolute atomic E-state index is 11.6. The molecule has 0 spiro atoms. The molecular weight excluding hydrogens is 303 g/mol. The summed E-state index contributed by atoms with van der Waals surface area (Å²) < 4.78 is 0. The van der Waals surface area contributed by atoms with Gasteiger partial charge in [-0.3, -0.25) is 4.79 Å². The van der Waals surface area contributed by atoms with Crippen LogP contribution in [0.5, 0.6) is 0 Å². The summed E-state index contributed by atoms with van der Waals surface area (Å²) in [6, 6.07) is 7.97. The molecule has 0 bridgehead atoms. The fourth-order valence-corrected chi connectivity index (χ4v) is 2.46. The van der Waals surface area contributed by atoms with Crippen molar-refractivity contribution in [2.45, 2.75) is 24.3 Å². The normalized spacial score (nSPS) is 11.5. The van der Waals surface area contributed by atoms with Crippen LogP contribution in [-0.2, 0) is 4.79 Å². The van der Waals surface area contributed by atoms with E-state index in [4.69, 9.17) is 11.6 Å². The Balaban J connectivity index is 0.00000324. The van der Waals surface area contributed by atoms with E-state index in [1.165, 1.54) is 0 Å². The first-order valence-electron chi connectivity index (χ1n) is 5.94. The molecule has 1 aromatic carbocycles. The van der Waals surface area contributed by atoms with Crippen LogP contribution in [0.4, 0.5) is 0 Å². The second kappa shape index (κ2) is 10.4. The van der Waals surface area contributed by atoms with E-state index >= 15 is 0 Å². The van der Waals surface area contributed by atoms with Crippen molar-refractivity contribution in [1.29, 1.82) is 0 Å². The molecule has 1 unspecified atom stereocenters. The first-order chi connectivity index (χ1) is 8.63. The number of likely N-dealkylation sites (N-methyl/N-ethyl adjacent to an activating group) is 1. The lowest BCUT2D eigenvalue weighted by atomic mass is 10.3. The molecule has 0 heterocycles. The predicted octanol–water partition coefficient (Wildman–Crippen LogP) is 2.97. The molecule has 0 aliphatic carbocycles. The number of benzene rings is 1. The monoisotopic (exact) mass is 322 g/mol. The van der Waals surface area contributed by atoms with E-state index in [0.29, 0.717) is 19.0 Å². The number of amides is 1. The Morgan fingerprint density at radius 2 is 2.11 bits per heavy atom. The Labute approximate surface area is 130 Å². The third-order valence-electron chi connectivity index (χ3n) is 2.52. The lowest BCUT2D eigenvalue weighted by Gasteiger charge is -2.11. The summed E-state index contributed by atoms with van der Waals surface area (Å²) in [5.74, 6) is 0.820. The van der Waals surface area contributed by atoms with E-state index in [-0.39, 0.29) is 18.3 Å². The zero-order chi connectivity index (χ0) is 13.4. The number of hydrogen-bond acceptors (Lipinski definition) is 3. The molecule has 1 aromatic rings. The van der Waals surface area contributed by atoms with Gasteiger partial charge in [-0.2, -0.15) is 0 Å². The van der Waals surface area contributed by atoms with Crippen molar-refractivity contribution in [2.24, 2.45) is 0 Å². The van der Waals surface area contributed by atoms with Crippen LogP contribution in [0.15, 0.2) is 29.2 Å². The third kappa shape index (κ3) is 7.67. The number of rotatable bonds is 7. The Bertz CT molecular complexity index is 391. The highest BCUT2D eigenvalue weighted by Gasteiger charge is 2.05. The first-order valence-corrected chi connectivity index (χ1v) is 7.31. The minimum absolute atomic E-state index is 0. The quantitative estimate of drug-likeness (QED) is 0.758. The molecule has 0 aliphatic heterocycles. The van der Waals surface area contributed by atoms with Gasteiger partial charge in [-0.1, -0.05) is 23.7 Å². The van der Waals surface area contributed by atoms with E-state index in [2.05, 4.69) is 10.6 Å². The zero-order valence-corrected chi connectivity index (χ0v) is 13.5. The van der Waals surface area contributed by atoms with E-state index in [0.717, 1.165) is 15.7 Å². The van der Waals surface area contributed by atoms with Crippen LogP contribution in [0, 0.1) is 0 Å². The molecule has 1 rings (SSSR count). The van der Waals surface area contributed by atoms with Crippen molar-refractivity contribution in [3.63, 3.8) is 0 Å². The van der Waals surface area contributed by atoms with Crippen LogP contribution in [0.25, 0.3) is 0 Å². The topological polar surface area (TPSA) is 41.1 Å². The van der Waals surface area contributed by atoms with Crippen molar-refractivity contribution in [1.82, 2.24) is 10.6 Å². The van der Waals surface area contributed by atoms with Crippen molar-refractivity contribution in [3.8, 4) is 0 Å². The fraction of sp³-hybridized carbons (Fsp3) is 0.462. The van der Waals surface area contributed by atoms with Gasteiger partial charge in [-0.15, -0.1) is 24.2 Å². The van der Waals surface area contributed by atoms with Crippen LogP contribution < -0.4 is 10.6 Å². The van der Waals surface area contributed by atoms with Gasteiger partial charge in [0.05, 0.1) is 5.02 Å². The Kier molecular flexibility index (Phi) is 10.1. The molecule has 0 aromatic heterocycles. The molecule has 1 amide bonds. The van der Waals surface area contributed by atoms with Gasteiger partial charge in [-0.05, 0) is 26.1 Å². The Morgan fingerprint density at radius 1 is 1.42 bits per heavy atom. The molecule has 0 saturated carbocycles. The standard InChI is InChI=1S/C13H19ClN2OS.ClH/c1-10(15-2)9-16-13(17)7-8-18-12-6-4-3-5-11(12)14;/h3-6,10,15H,7-9H2,1-2H3,(H,16,17);1H. The van der Waals surface area contributed by atoms with E-state index < -0.39 is 0 Å². The Morgan fingerprint density at radius 3 is 2.74 bits per heavy atom. The molecule has 1 atom stereocenters. The highest BCUT2D eigenvalue weighted by atomic mass is 35.5. The number of nitrogens with one attached hydrogen (secondary N) is 2. The molecule has 0 aliphatic rings. The largest absolute Gasteiger partial charge is 0.355 e. The number of halogens is 2. The lowest BCUT2D eigenvalue weighted by molar-refractivity contribution is -0.120. The van der Waals surface area contributed by atoms with E-state index in [1.54, 1.807) is 11.8 Å². The van der Waals surface area contributed by atoms with Crippen LogP contribution in [0.3, 0.4) is 0 Å². The van der Waals surface area contributed by atoms with Crippen LogP contribution in [0.1, 0.15) is 13.3 Å². The summed E-state index contributed by atoms with van der Waals surface area (Å²) >= 11 is 7.64. The summed E-state index contributed by atoms with van der Waals surface area (Å²) in [6.07, 6.45) is 0.506. The number of carbonyl (C=O) groups excluding carboxylic acids is 1. The molecule has 0 saturated heterocycles. The highest BCUT2D eigenvalue weighted by Crippen LogP contribution is 2.26. The molecule has 0 radical (unpaired) electrons. The van der Waals surface area contributed by atoms with Crippen molar-refractivity contribution >= 4 is 41.7 Å². The predicted molar refractivity (Wildman–Crippen MR) is 85.6 cm³/mol. The molecule has 6 heteroatoms. The van der Waals surface area contributed by atoms with Crippen molar-refractivity contribution in [3.05, 3.63) is 29.3 Å². The van der Waals surface area contributed by atoms with E-state index in [9.17, 15) is 4.79 Å². The number of carbonyl (C=O) groups is 1. The van der Waals surface area contributed by atoms with Crippen molar-refractivity contribution in [2.75, 3.05) is 19.3 Å². The molecule has 19 heavy (non-hydrogen) atoms. The third-order valence-corrected chi connectivity index (χ3v) is 4.04. The molecule has 3 nitrogen and oxygen atoms in total. The maximum Gasteiger partial charge on any atom is 0.220 e. The Hall–Kier alpha value is -0.420. The summed E-state index contributed by atoms with van der Waals surface area (Å²) in [6.45, 7) is 2.69. The van der Waals surface area contributed by atoms with E-state index in [1.807, 2.05) is 38.2 Å². The summed E-state index contributed by atoms with van der Waals surface area (Å²) in [4.78, 5) is 12.6. The first kappa shape index (κ1) is 18.6. The number of thioether (sulfide) groups is 1. The molecule has 0 fully saturated rings. The summed E-state index contributed by atoms with van der Waals surface area (Å²) in [5.41, 5.74) is 0. The maximum atomic E-state index is 11.6. The SMILES string of the molecule is CNC(C)CNC(=O)CCSc1ccccc1Cl.Cl. The minimum Gasteiger partial charge on any atom is -0.355 e. The van der Waals surface area contributed by atoms with Gasteiger partial charge >= 0.3 is 0 Å². The number of hydrogen-bond donors (Lipinski definition) is 2. The second-order valence-corrected chi connectivity index (χ2v) is 5.57. The molecule has 2 N–H and O–H groups in total. The van der Waals surface area contributed by atoms with Crippen LogP contribution in [-0.4, -0.2) is 31.3 Å². The van der Waals surface area contributed by atoms with Crippen LogP contribution >= 0.6 is 35.8 Å². The second-order valence-electron chi connectivity index (χ2n) is 4.02. The smallest absolute Gasteiger partial charge is 0.220 e.